The summed E-state index contributed by atoms with van der Waals surface area (Å²) in [5, 5.41) is 10.2. The Kier molecular flexibility index (Phi) is 2.97. The van der Waals surface area contributed by atoms with Crippen LogP contribution in [0.1, 0.15) is 0 Å². The van der Waals surface area contributed by atoms with Crippen molar-refractivity contribution in [2.45, 2.75) is 6.54 Å². The Hall–Kier alpha value is -1.74. The first-order valence-electron chi connectivity index (χ1n) is 4.81. The lowest BCUT2D eigenvalue weighted by Gasteiger charge is -2.01. The molecule has 0 fully saturated rings. The van der Waals surface area contributed by atoms with Crippen LogP contribution in [0.4, 0.5) is 0 Å². The highest BCUT2D eigenvalue weighted by Crippen LogP contribution is 2.20. The zero-order valence-electron chi connectivity index (χ0n) is 8.43. The molecule has 2 aromatic rings. The summed E-state index contributed by atoms with van der Waals surface area (Å²) in [6, 6.07) is 7.61. The summed E-state index contributed by atoms with van der Waals surface area (Å²) in [6.45, 7) is 0.524. The van der Waals surface area contributed by atoms with E-state index in [-0.39, 0.29) is 0 Å². The summed E-state index contributed by atoms with van der Waals surface area (Å²) in [7, 11) is 0. The molecule has 0 aliphatic rings. The molecule has 3 nitrogen and oxygen atoms in total. The molecule has 1 aromatic carbocycles. The van der Waals surface area contributed by atoms with E-state index < -0.39 is 5.97 Å². The lowest BCUT2D eigenvalue weighted by molar-refractivity contribution is -0.131. The summed E-state index contributed by atoms with van der Waals surface area (Å²) < 4.78 is 1.95. The van der Waals surface area contributed by atoms with Gasteiger partial charge in [-0.2, -0.15) is 0 Å². The Labute approximate surface area is 97.6 Å². The molecule has 0 aliphatic carbocycles. The highest BCUT2D eigenvalue weighted by atomic mass is 35.5. The first kappa shape index (κ1) is 10.8. The van der Waals surface area contributed by atoms with Crippen molar-refractivity contribution < 1.29 is 9.90 Å². The van der Waals surface area contributed by atoms with Crippen LogP contribution in [0, 0.1) is 0 Å². The Balaban J connectivity index is 2.31. The molecule has 82 valence electrons. The molecule has 4 heteroatoms. The quantitative estimate of drug-likeness (QED) is 0.832. The average molecular weight is 236 g/mol. The molecule has 1 N–H and O–H groups in total. The number of rotatable bonds is 3. The van der Waals surface area contributed by atoms with Gasteiger partial charge in [-0.05, 0) is 23.6 Å². The van der Waals surface area contributed by atoms with Crippen molar-refractivity contribution in [2.75, 3.05) is 0 Å². The van der Waals surface area contributed by atoms with Crippen LogP contribution in [0.15, 0.2) is 42.6 Å². The molecule has 0 bridgehead atoms. The van der Waals surface area contributed by atoms with E-state index in [0.29, 0.717) is 11.6 Å². The summed E-state index contributed by atoms with van der Waals surface area (Å²) in [4.78, 5) is 10.3. The summed E-state index contributed by atoms with van der Waals surface area (Å²) in [5.41, 5.74) is 1.00. The number of aliphatic carboxylic acids is 1. The second-order valence-electron chi connectivity index (χ2n) is 3.41. The first-order chi connectivity index (χ1) is 7.66. The van der Waals surface area contributed by atoms with Gasteiger partial charge in [0.2, 0.25) is 0 Å². The highest BCUT2D eigenvalue weighted by molar-refractivity contribution is 6.31. The highest BCUT2D eigenvalue weighted by Gasteiger charge is 2.00. The molecule has 2 rings (SSSR count). The predicted molar refractivity (Wildman–Crippen MR) is 63.7 cm³/mol. The van der Waals surface area contributed by atoms with E-state index in [9.17, 15) is 4.79 Å². The van der Waals surface area contributed by atoms with E-state index in [0.717, 1.165) is 17.0 Å². The van der Waals surface area contributed by atoms with Crippen LogP contribution in [0.25, 0.3) is 10.9 Å². The van der Waals surface area contributed by atoms with Gasteiger partial charge in [0, 0.05) is 29.4 Å². The fourth-order valence-corrected chi connectivity index (χ4v) is 1.75. The zero-order valence-corrected chi connectivity index (χ0v) is 9.19. The second-order valence-corrected chi connectivity index (χ2v) is 3.85. The first-order valence-corrected chi connectivity index (χ1v) is 5.18. The van der Waals surface area contributed by atoms with Crippen LogP contribution < -0.4 is 0 Å². The van der Waals surface area contributed by atoms with Crippen molar-refractivity contribution in [3.63, 3.8) is 0 Å². The maximum Gasteiger partial charge on any atom is 0.328 e. The fourth-order valence-electron chi connectivity index (χ4n) is 1.58. The molecule has 16 heavy (non-hydrogen) atoms. The van der Waals surface area contributed by atoms with E-state index in [2.05, 4.69) is 0 Å². The molecule has 0 amide bonds. The van der Waals surface area contributed by atoms with Crippen molar-refractivity contribution in [2.24, 2.45) is 0 Å². The largest absolute Gasteiger partial charge is 0.478 e. The number of allylic oxidation sites excluding steroid dienone is 1. The Morgan fingerprint density at radius 2 is 2.25 bits per heavy atom. The van der Waals surface area contributed by atoms with Gasteiger partial charge >= 0.3 is 5.97 Å². The number of aromatic nitrogens is 1. The van der Waals surface area contributed by atoms with Crippen LogP contribution in [-0.4, -0.2) is 15.6 Å². The van der Waals surface area contributed by atoms with Crippen molar-refractivity contribution in [3.8, 4) is 0 Å². The third-order valence-electron chi connectivity index (χ3n) is 2.30. The molecule has 1 aromatic heterocycles. The summed E-state index contributed by atoms with van der Waals surface area (Å²) >= 11 is 5.91. The molecule has 0 saturated carbocycles. The standard InChI is InChI=1S/C12H10ClNO2/c13-10-4-3-9-5-7-14(11(9)8-10)6-1-2-12(15)16/h1-5,7-8H,6H2,(H,15,16). The number of hydrogen-bond acceptors (Lipinski definition) is 1. The third-order valence-corrected chi connectivity index (χ3v) is 2.53. The normalized spacial score (nSPS) is 11.3. The second kappa shape index (κ2) is 4.41. The Morgan fingerprint density at radius 3 is 3.00 bits per heavy atom. The van der Waals surface area contributed by atoms with E-state index in [4.69, 9.17) is 16.7 Å². The van der Waals surface area contributed by atoms with Gasteiger partial charge in [0.25, 0.3) is 0 Å². The molecular weight excluding hydrogens is 226 g/mol. The van der Waals surface area contributed by atoms with Gasteiger partial charge < -0.3 is 9.67 Å². The van der Waals surface area contributed by atoms with Gasteiger partial charge in [-0.1, -0.05) is 23.7 Å². The molecule has 0 unspecified atom stereocenters. The molecule has 0 aliphatic heterocycles. The minimum Gasteiger partial charge on any atom is -0.478 e. The maximum absolute atomic E-state index is 10.3. The van der Waals surface area contributed by atoms with Crippen LogP contribution in [0.2, 0.25) is 5.02 Å². The van der Waals surface area contributed by atoms with Crippen LogP contribution in [-0.2, 0) is 11.3 Å². The van der Waals surface area contributed by atoms with Crippen LogP contribution in [0.5, 0.6) is 0 Å². The van der Waals surface area contributed by atoms with Gasteiger partial charge in [0.15, 0.2) is 0 Å². The van der Waals surface area contributed by atoms with Gasteiger partial charge in [-0.15, -0.1) is 0 Å². The number of fused-ring (bicyclic) bond motifs is 1. The van der Waals surface area contributed by atoms with Gasteiger partial charge in [-0.3, -0.25) is 0 Å². The molecule has 0 radical (unpaired) electrons. The SMILES string of the molecule is O=C(O)C=CCn1ccc2ccc(Cl)cc21. The number of hydrogen-bond donors (Lipinski definition) is 1. The zero-order chi connectivity index (χ0) is 11.5. The number of carboxylic acid groups (broad SMARTS) is 1. The molecule has 0 atom stereocenters. The van der Waals surface area contributed by atoms with Gasteiger partial charge in [0.05, 0.1) is 0 Å². The van der Waals surface area contributed by atoms with E-state index in [1.54, 1.807) is 6.08 Å². The topological polar surface area (TPSA) is 42.2 Å². The monoisotopic (exact) mass is 235 g/mol. The lowest BCUT2D eigenvalue weighted by Crippen LogP contribution is -1.94. The molecule has 0 saturated heterocycles. The maximum atomic E-state index is 10.3. The number of benzene rings is 1. The Bertz CT molecular complexity index is 557. The summed E-state index contributed by atoms with van der Waals surface area (Å²) in [6.07, 6.45) is 4.65. The van der Waals surface area contributed by atoms with Gasteiger partial charge in [0.1, 0.15) is 0 Å². The number of halogens is 1. The molecular formula is C12H10ClNO2. The Morgan fingerprint density at radius 1 is 1.44 bits per heavy atom. The number of nitrogens with zero attached hydrogens (tertiary/aromatic N) is 1. The molecule has 1 heterocycles. The van der Waals surface area contributed by atoms with E-state index in [1.807, 2.05) is 35.0 Å². The van der Waals surface area contributed by atoms with Gasteiger partial charge in [-0.25, -0.2) is 4.79 Å². The van der Waals surface area contributed by atoms with Crippen molar-refractivity contribution >= 4 is 28.5 Å². The third kappa shape index (κ3) is 2.25. The average Bonchev–Trinajstić information content (AvgIpc) is 2.60. The predicted octanol–water partition coefficient (Wildman–Crippen LogP) is 2.94. The van der Waals surface area contributed by atoms with Crippen molar-refractivity contribution in [3.05, 3.63) is 47.6 Å². The van der Waals surface area contributed by atoms with Crippen LogP contribution >= 0.6 is 11.6 Å². The number of carboxylic acids is 1. The minimum absolute atomic E-state index is 0.524. The van der Waals surface area contributed by atoms with E-state index >= 15 is 0 Å². The minimum atomic E-state index is -0.936. The number of carbonyl (C=O) groups is 1. The van der Waals surface area contributed by atoms with Crippen molar-refractivity contribution in [1.82, 2.24) is 4.57 Å². The van der Waals surface area contributed by atoms with Crippen LogP contribution in [0.3, 0.4) is 0 Å². The smallest absolute Gasteiger partial charge is 0.328 e. The summed E-state index contributed by atoms with van der Waals surface area (Å²) in [5.74, 6) is -0.936. The lowest BCUT2D eigenvalue weighted by atomic mass is 10.2. The molecule has 0 spiro atoms. The van der Waals surface area contributed by atoms with Crippen molar-refractivity contribution in [1.29, 1.82) is 0 Å². The fraction of sp³-hybridized carbons (Fsp3) is 0.0833. The van der Waals surface area contributed by atoms with E-state index in [1.165, 1.54) is 0 Å².